The number of rotatable bonds is 2. The van der Waals surface area contributed by atoms with Crippen molar-refractivity contribution in [3.8, 4) is 22.8 Å². The van der Waals surface area contributed by atoms with Gasteiger partial charge in [-0.2, -0.15) is 105 Å². The van der Waals surface area contributed by atoms with Crippen molar-refractivity contribution < 1.29 is 39.0 Å². The molecule has 0 N–H and O–H groups in total. The van der Waals surface area contributed by atoms with Crippen LogP contribution in [0.2, 0.25) is 0 Å². The number of aromatic nitrogens is 4. The number of hydrogen-bond donors (Lipinski definition) is 0. The van der Waals surface area contributed by atoms with E-state index in [0.29, 0.717) is 0 Å². The van der Waals surface area contributed by atoms with Gasteiger partial charge in [-0.25, -0.2) is 0 Å². The summed E-state index contributed by atoms with van der Waals surface area (Å²) in [5.74, 6) is 0. The van der Waals surface area contributed by atoms with E-state index in [9.17, 15) is 0 Å². The summed E-state index contributed by atoms with van der Waals surface area (Å²) in [6.45, 7) is 14.6. The topological polar surface area (TPSA) is 164 Å². The van der Waals surface area contributed by atoms with Gasteiger partial charge in [0.2, 0.25) is 0 Å². The Morgan fingerprint density at radius 3 is 0.792 bits per heavy atom. The van der Waals surface area contributed by atoms with E-state index in [4.69, 9.17) is 0 Å². The smallest absolute Gasteiger partial charge is 0.664 e. The second kappa shape index (κ2) is 32.5. The minimum Gasteiger partial charge on any atom is -0.664 e. The zero-order valence-electron chi connectivity index (χ0n) is 28.0. The largest absolute Gasteiger partial charge is 4.00 e. The van der Waals surface area contributed by atoms with Crippen molar-refractivity contribution in [3.63, 3.8) is 0 Å². The molecule has 5 rings (SSSR count). The maximum Gasteiger partial charge on any atom is 4.00 e. The van der Waals surface area contributed by atoms with Crippen LogP contribution < -0.4 is 0 Å². The third kappa shape index (κ3) is 22.8. The molecule has 2 aliphatic heterocycles. The molecule has 12 nitrogen and oxygen atoms in total. The van der Waals surface area contributed by atoms with Gasteiger partial charge in [0.15, 0.2) is 0 Å². The minimum absolute atomic E-state index is 0. The molecule has 2 saturated heterocycles. The Bertz CT molecular complexity index is 891. The molecule has 14 heteroatoms. The van der Waals surface area contributed by atoms with Crippen molar-refractivity contribution in [2.75, 3.05) is 105 Å². The molecule has 5 heterocycles. The summed E-state index contributed by atoms with van der Waals surface area (Å²) in [5.41, 5.74) is 3.15. The van der Waals surface area contributed by atoms with E-state index in [1.165, 1.54) is 0 Å². The van der Waals surface area contributed by atoms with E-state index >= 15 is 0 Å². The normalized spacial score (nSPS) is 17.8. The van der Waals surface area contributed by atoms with E-state index < -0.39 is 0 Å². The number of hydrogen-bond acceptors (Lipinski definition) is 4. The zero-order valence-corrected chi connectivity index (χ0v) is 31.5. The van der Waals surface area contributed by atoms with Gasteiger partial charge in [0.1, 0.15) is 11.4 Å². The first-order valence-corrected chi connectivity index (χ1v) is 16.6. The molecular weight excluding hydrogens is 779 g/mol. The maximum atomic E-state index is 4.38. The molecule has 2 aliphatic rings. The summed E-state index contributed by atoms with van der Waals surface area (Å²) >= 11 is 0. The molecule has 0 unspecified atom stereocenters. The molecule has 0 saturated carbocycles. The first kappa shape index (κ1) is 44.3. The van der Waals surface area contributed by atoms with Gasteiger partial charge in [0.05, 0.1) is 23.8 Å². The van der Waals surface area contributed by atoms with Crippen molar-refractivity contribution in [2.45, 2.75) is 25.7 Å². The van der Waals surface area contributed by atoms with E-state index in [0.717, 1.165) is 153 Å². The number of pyridine rings is 2. The molecule has 48 heavy (non-hydrogen) atoms. The zero-order chi connectivity index (χ0) is 32.0. The van der Waals surface area contributed by atoms with Gasteiger partial charge in [-0.3, -0.25) is 19.9 Å². The quantitative estimate of drug-likeness (QED) is 0.251. The van der Waals surface area contributed by atoms with Crippen LogP contribution in [0.15, 0.2) is 61.2 Å². The van der Waals surface area contributed by atoms with Gasteiger partial charge < -0.3 is 42.5 Å². The Morgan fingerprint density at radius 1 is 0.312 bits per heavy atom. The van der Waals surface area contributed by atoms with E-state index in [1.807, 2.05) is 36.4 Å². The van der Waals surface area contributed by atoms with Crippen LogP contribution in [-0.2, 0) is 39.0 Å². The summed E-state index contributed by atoms with van der Waals surface area (Å²) in [6.07, 6.45) is 11.2. The molecule has 3 aromatic heterocycles. The molecule has 0 radical (unpaired) electrons. The fraction of sp³-hybridized carbons (Fsp3) is 0.588. The Hall–Kier alpha value is -1.69. The van der Waals surface area contributed by atoms with E-state index in [1.54, 1.807) is 24.8 Å². The van der Waals surface area contributed by atoms with Crippen LogP contribution in [0.4, 0.5) is 0 Å². The average molecular weight is 829 g/mol. The predicted molar refractivity (Wildman–Crippen MR) is 192 cm³/mol. The molecule has 0 spiro atoms. The van der Waals surface area contributed by atoms with Gasteiger partial charge >= 0.3 is 39.0 Å². The molecule has 0 atom stereocenters. The average Bonchev–Trinajstić information content (AvgIpc) is 3.12. The van der Waals surface area contributed by atoms with Crippen LogP contribution in [0.3, 0.4) is 0 Å². The summed E-state index contributed by atoms with van der Waals surface area (Å²) in [7, 11) is 0. The Balaban J connectivity index is 0.000000358. The van der Waals surface area contributed by atoms with Crippen LogP contribution in [0, 0.1) is 0 Å². The van der Waals surface area contributed by atoms with Crippen LogP contribution in [0.5, 0.6) is 0 Å². The van der Waals surface area contributed by atoms with Gasteiger partial charge in [-0.1, -0.05) is 37.8 Å². The monoisotopic (exact) mass is 830 g/mol. The Labute approximate surface area is 314 Å². The van der Waals surface area contributed by atoms with Crippen molar-refractivity contribution in [1.29, 1.82) is 0 Å². The summed E-state index contributed by atoms with van der Waals surface area (Å²) in [5, 5.41) is 35.1. The molecule has 0 amide bonds. The fourth-order valence-electron chi connectivity index (χ4n) is 4.26. The van der Waals surface area contributed by atoms with Crippen molar-refractivity contribution in [3.05, 3.63) is 104 Å². The third-order valence-corrected chi connectivity index (χ3v) is 6.70. The summed E-state index contributed by atoms with van der Waals surface area (Å²) in [4.78, 5) is 17.2. The molecule has 0 aliphatic carbocycles. The number of nitrogens with zero attached hydrogens (tertiary/aromatic N) is 12. The SMILES string of the molecule is C1C[N-]CC[N-]CCC[N-]CC[N-]C1.C1C[N-]CC[N-]CCC[N-]CC[N-]C1.[Ru+4].[Ru+4].c1ccc(-c2cnc(-c3ccccn3)cn2)nc1. The van der Waals surface area contributed by atoms with Gasteiger partial charge in [0.25, 0.3) is 0 Å². The fourth-order valence-corrected chi connectivity index (χ4v) is 4.26. The van der Waals surface area contributed by atoms with Gasteiger partial charge in [-0.05, 0) is 24.3 Å². The second-order valence-corrected chi connectivity index (χ2v) is 10.5. The van der Waals surface area contributed by atoms with Crippen LogP contribution >= 0.6 is 0 Å². The first-order chi connectivity index (χ1) is 22.9. The minimum atomic E-state index is 0. The first-order valence-electron chi connectivity index (χ1n) is 16.6. The molecule has 3 aromatic rings. The van der Waals surface area contributed by atoms with E-state index in [-0.39, 0.29) is 39.0 Å². The van der Waals surface area contributed by atoms with Crippen molar-refractivity contribution in [2.24, 2.45) is 0 Å². The van der Waals surface area contributed by atoms with Crippen LogP contribution in [-0.4, -0.2) is 125 Å². The van der Waals surface area contributed by atoms with Gasteiger partial charge in [0, 0.05) is 12.4 Å². The Kier molecular flexibility index (Phi) is 30.0. The molecular formula is C34H50N12Ru2. The van der Waals surface area contributed by atoms with E-state index in [2.05, 4.69) is 62.5 Å². The molecule has 262 valence electrons. The second-order valence-electron chi connectivity index (χ2n) is 10.5. The van der Waals surface area contributed by atoms with Crippen LogP contribution in [0.1, 0.15) is 25.7 Å². The molecule has 0 bridgehead atoms. The maximum absolute atomic E-state index is 4.38. The Morgan fingerprint density at radius 2 is 0.583 bits per heavy atom. The van der Waals surface area contributed by atoms with Crippen molar-refractivity contribution >= 4 is 0 Å². The van der Waals surface area contributed by atoms with Crippen LogP contribution in [0.25, 0.3) is 65.3 Å². The molecule has 0 aromatic carbocycles. The standard InChI is InChI=1S/C14H10N4.2C10H20N4.2Ru/c1-3-7-15-11(5-1)13-9-18-14(10-17-13)12-6-2-4-8-16-12;2*1-3-11-7-9-13-5-2-6-14-10-8-12-4-1;;/h1-10H;2*1-10H2;;/q;2*-4;2*+4. The summed E-state index contributed by atoms with van der Waals surface area (Å²) < 4.78 is 0. The predicted octanol–water partition coefficient (Wildman–Crippen LogP) is 7.15. The van der Waals surface area contributed by atoms with Crippen molar-refractivity contribution in [1.82, 2.24) is 19.9 Å². The summed E-state index contributed by atoms with van der Waals surface area (Å²) in [6, 6.07) is 11.4. The van der Waals surface area contributed by atoms with Gasteiger partial charge in [-0.15, -0.1) is 0 Å². The third-order valence-electron chi connectivity index (χ3n) is 6.70. The molecule has 2 fully saturated rings.